The zero-order valence-electron chi connectivity index (χ0n) is 19.5. The van der Waals surface area contributed by atoms with Crippen LogP contribution in [0.2, 0.25) is 0 Å². The van der Waals surface area contributed by atoms with Crippen molar-refractivity contribution >= 4 is 5.57 Å². The lowest BCUT2D eigenvalue weighted by molar-refractivity contribution is 0.0964. The van der Waals surface area contributed by atoms with E-state index in [1.165, 1.54) is 13.2 Å². The van der Waals surface area contributed by atoms with Gasteiger partial charge in [-0.2, -0.15) is 0 Å². The van der Waals surface area contributed by atoms with Crippen molar-refractivity contribution in [1.29, 1.82) is 0 Å². The molecule has 0 saturated heterocycles. The smallest absolute Gasteiger partial charge is 0.166 e. The first-order chi connectivity index (χ1) is 16.0. The Morgan fingerprint density at radius 2 is 1.70 bits per heavy atom. The van der Waals surface area contributed by atoms with Gasteiger partial charge in [0.15, 0.2) is 11.6 Å². The largest absolute Gasteiger partial charge is 0.497 e. The van der Waals surface area contributed by atoms with Gasteiger partial charge in [0.2, 0.25) is 0 Å². The third-order valence-electron chi connectivity index (χ3n) is 7.52. The van der Waals surface area contributed by atoms with Crippen LogP contribution in [0, 0.1) is 23.4 Å². The molecular formula is C28H33F3O2. The van der Waals surface area contributed by atoms with Crippen LogP contribution in [0.4, 0.5) is 13.2 Å². The van der Waals surface area contributed by atoms with Crippen molar-refractivity contribution in [3.05, 3.63) is 70.5 Å². The zero-order chi connectivity index (χ0) is 23.4. The highest BCUT2D eigenvalue weighted by atomic mass is 19.2. The number of hydrogen-bond acceptors (Lipinski definition) is 2. The summed E-state index contributed by atoms with van der Waals surface area (Å²) in [6, 6.07) is 8.56. The van der Waals surface area contributed by atoms with E-state index in [1.807, 2.05) is 18.2 Å². The second kappa shape index (κ2) is 10.8. The van der Waals surface area contributed by atoms with Gasteiger partial charge in [0, 0.05) is 18.7 Å². The lowest BCUT2D eigenvalue weighted by Crippen LogP contribution is -2.15. The van der Waals surface area contributed by atoms with Crippen LogP contribution < -0.4 is 4.74 Å². The summed E-state index contributed by atoms with van der Waals surface area (Å²) in [6.45, 7) is 0. The van der Waals surface area contributed by atoms with Crippen LogP contribution in [0.15, 0.2) is 36.4 Å². The number of aryl methyl sites for hydroxylation is 1. The van der Waals surface area contributed by atoms with Crippen LogP contribution >= 0.6 is 0 Å². The summed E-state index contributed by atoms with van der Waals surface area (Å²) in [5.74, 6) is -0.450. The van der Waals surface area contributed by atoms with Gasteiger partial charge in [0.05, 0.1) is 13.2 Å². The van der Waals surface area contributed by atoms with Crippen molar-refractivity contribution in [2.45, 2.75) is 69.8 Å². The third kappa shape index (κ3) is 5.46. The fourth-order valence-electron chi connectivity index (χ4n) is 5.39. The van der Waals surface area contributed by atoms with Gasteiger partial charge in [-0.1, -0.05) is 24.3 Å². The van der Waals surface area contributed by atoms with Crippen LogP contribution in [0.1, 0.15) is 74.0 Å². The average molecular weight is 459 g/mol. The molecule has 33 heavy (non-hydrogen) atoms. The van der Waals surface area contributed by atoms with Crippen molar-refractivity contribution in [3.63, 3.8) is 0 Å². The van der Waals surface area contributed by atoms with E-state index >= 15 is 0 Å². The number of ether oxygens (including phenoxy) is 2. The standard InChI is InChI=1S/C28H33F3O2/c1-32-22-12-9-20(10-13-22)25-15-11-21(27(30)28(25)31)8-5-18-3-6-19(7-4-18)24-16-14-23(33-2)17-26(24)29/h9,11,14-19,22H,3-8,10,12-13H2,1-2H3. The highest BCUT2D eigenvalue weighted by molar-refractivity contribution is 5.67. The Morgan fingerprint density at radius 1 is 0.909 bits per heavy atom. The maximum absolute atomic E-state index is 14.8. The van der Waals surface area contributed by atoms with Crippen molar-refractivity contribution in [1.82, 2.24) is 0 Å². The monoisotopic (exact) mass is 458 g/mol. The van der Waals surface area contributed by atoms with Crippen LogP contribution in [-0.2, 0) is 11.2 Å². The molecule has 2 aromatic rings. The fraction of sp³-hybridized carbons (Fsp3) is 0.500. The Hall–Kier alpha value is -2.27. The summed E-state index contributed by atoms with van der Waals surface area (Å²) in [4.78, 5) is 0. The molecule has 0 radical (unpaired) electrons. The maximum atomic E-state index is 14.8. The summed E-state index contributed by atoms with van der Waals surface area (Å²) in [5, 5.41) is 0. The molecule has 1 unspecified atom stereocenters. The Balaban J connectivity index is 1.33. The van der Waals surface area contributed by atoms with Crippen molar-refractivity contribution < 1.29 is 22.6 Å². The minimum absolute atomic E-state index is 0.164. The summed E-state index contributed by atoms with van der Waals surface area (Å²) in [6.07, 6.45) is 9.54. The van der Waals surface area contributed by atoms with Crippen molar-refractivity contribution in [2.75, 3.05) is 14.2 Å². The zero-order valence-corrected chi connectivity index (χ0v) is 19.5. The summed E-state index contributed by atoms with van der Waals surface area (Å²) in [5.41, 5.74) is 2.46. The summed E-state index contributed by atoms with van der Waals surface area (Å²) in [7, 11) is 3.22. The van der Waals surface area contributed by atoms with Gasteiger partial charge in [-0.05, 0) is 92.4 Å². The molecule has 0 amide bonds. The molecule has 0 N–H and O–H groups in total. The van der Waals surface area contributed by atoms with Gasteiger partial charge >= 0.3 is 0 Å². The molecular weight excluding hydrogens is 425 g/mol. The number of allylic oxidation sites excluding steroid dienone is 1. The first kappa shape index (κ1) is 23.9. The van der Waals surface area contributed by atoms with Crippen molar-refractivity contribution in [3.8, 4) is 5.75 Å². The predicted molar refractivity (Wildman–Crippen MR) is 125 cm³/mol. The minimum Gasteiger partial charge on any atom is -0.497 e. The molecule has 0 aliphatic heterocycles. The molecule has 2 aliphatic rings. The third-order valence-corrected chi connectivity index (χ3v) is 7.52. The molecule has 1 fully saturated rings. The summed E-state index contributed by atoms with van der Waals surface area (Å²) < 4.78 is 54.5. The Labute approximate surface area is 194 Å². The van der Waals surface area contributed by atoms with E-state index in [0.717, 1.165) is 56.1 Å². The van der Waals surface area contributed by atoms with Crippen LogP contribution in [-0.4, -0.2) is 20.3 Å². The number of benzene rings is 2. The molecule has 2 aliphatic carbocycles. The molecule has 5 heteroatoms. The van der Waals surface area contributed by atoms with E-state index in [0.29, 0.717) is 35.6 Å². The highest BCUT2D eigenvalue weighted by Gasteiger charge is 2.25. The van der Waals surface area contributed by atoms with E-state index in [-0.39, 0.29) is 17.8 Å². The molecule has 4 rings (SSSR count). The molecule has 0 spiro atoms. The van der Waals surface area contributed by atoms with Gasteiger partial charge in [-0.25, -0.2) is 13.2 Å². The first-order valence-electron chi connectivity index (χ1n) is 12.0. The molecule has 178 valence electrons. The SMILES string of the molecule is COc1ccc(C2CCC(CCc3ccc(C4=CCC(OC)CC4)c(F)c3F)CC2)c(F)c1. The van der Waals surface area contributed by atoms with E-state index in [9.17, 15) is 13.2 Å². The van der Waals surface area contributed by atoms with Crippen LogP contribution in [0.3, 0.4) is 0 Å². The van der Waals surface area contributed by atoms with Gasteiger partial charge < -0.3 is 9.47 Å². The molecule has 1 atom stereocenters. The van der Waals surface area contributed by atoms with E-state index in [1.54, 1.807) is 19.2 Å². The Bertz CT molecular complexity index is 993. The van der Waals surface area contributed by atoms with E-state index < -0.39 is 11.6 Å². The van der Waals surface area contributed by atoms with Crippen LogP contribution in [0.5, 0.6) is 5.75 Å². The maximum Gasteiger partial charge on any atom is 0.166 e. The van der Waals surface area contributed by atoms with Gasteiger partial charge in [-0.3, -0.25) is 0 Å². The molecule has 2 nitrogen and oxygen atoms in total. The first-order valence-corrected chi connectivity index (χ1v) is 12.0. The number of methoxy groups -OCH3 is 2. The highest BCUT2D eigenvalue weighted by Crippen LogP contribution is 2.39. The van der Waals surface area contributed by atoms with Gasteiger partial charge in [0.1, 0.15) is 11.6 Å². The molecule has 1 saturated carbocycles. The van der Waals surface area contributed by atoms with Gasteiger partial charge in [-0.15, -0.1) is 0 Å². The predicted octanol–water partition coefficient (Wildman–Crippen LogP) is 7.60. The molecule has 0 aromatic heterocycles. The molecule has 0 bridgehead atoms. The minimum atomic E-state index is -0.728. The fourth-order valence-corrected chi connectivity index (χ4v) is 5.39. The number of rotatable bonds is 7. The number of halogens is 3. The molecule has 0 heterocycles. The van der Waals surface area contributed by atoms with Crippen LogP contribution in [0.25, 0.3) is 5.57 Å². The van der Waals surface area contributed by atoms with E-state index in [2.05, 4.69) is 0 Å². The van der Waals surface area contributed by atoms with Gasteiger partial charge in [0.25, 0.3) is 0 Å². The Kier molecular flexibility index (Phi) is 7.79. The molecule has 2 aromatic carbocycles. The summed E-state index contributed by atoms with van der Waals surface area (Å²) >= 11 is 0. The average Bonchev–Trinajstić information content (AvgIpc) is 2.85. The van der Waals surface area contributed by atoms with Crippen molar-refractivity contribution in [2.24, 2.45) is 5.92 Å². The Morgan fingerprint density at radius 3 is 2.33 bits per heavy atom. The lowest BCUT2D eigenvalue weighted by atomic mass is 9.76. The topological polar surface area (TPSA) is 18.5 Å². The lowest BCUT2D eigenvalue weighted by Gasteiger charge is -2.29. The quantitative estimate of drug-likeness (QED) is 0.425. The second-order valence-corrected chi connectivity index (χ2v) is 9.41. The normalized spacial score (nSPS) is 23.3. The number of hydrogen-bond donors (Lipinski definition) is 0. The second-order valence-electron chi connectivity index (χ2n) is 9.41. The van der Waals surface area contributed by atoms with E-state index in [4.69, 9.17) is 9.47 Å².